The summed E-state index contributed by atoms with van der Waals surface area (Å²) >= 11 is 0. The van der Waals surface area contributed by atoms with E-state index < -0.39 is 11.0 Å². The predicted octanol–water partition coefficient (Wildman–Crippen LogP) is -0.0678. The standard InChI is InChI=1S/C13H21N5O3/c19-13(10-17-8-12(7-14-17)18(20)21)9-15-3-5-16(6-4-15)11-1-2-11/h7-8,11,13,19H,1-6,9-10H2. The Hall–Kier alpha value is -1.51. The number of β-amino-alcohol motifs (C(OH)–C–C–N with tert-alkyl or cyclic N) is 1. The molecule has 1 aromatic rings. The molecule has 0 spiro atoms. The predicted molar refractivity (Wildman–Crippen MR) is 75.9 cm³/mol. The smallest absolute Gasteiger partial charge is 0.306 e. The van der Waals surface area contributed by atoms with E-state index in [9.17, 15) is 15.2 Å². The van der Waals surface area contributed by atoms with Crippen LogP contribution in [-0.2, 0) is 6.54 Å². The van der Waals surface area contributed by atoms with E-state index in [4.69, 9.17) is 0 Å². The zero-order chi connectivity index (χ0) is 14.8. The van der Waals surface area contributed by atoms with Crippen LogP contribution in [-0.4, -0.2) is 74.5 Å². The summed E-state index contributed by atoms with van der Waals surface area (Å²) in [5.41, 5.74) is -0.0414. The molecule has 0 bridgehead atoms. The molecule has 1 atom stereocenters. The van der Waals surface area contributed by atoms with Gasteiger partial charge >= 0.3 is 5.69 Å². The Morgan fingerprint density at radius 2 is 2.05 bits per heavy atom. The molecular formula is C13H21N5O3. The molecule has 3 rings (SSSR count). The number of aromatic nitrogens is 2. The highest BCUT2D eigenvalue weighted by atomic mass is 16.6. The highest BCUT2D eigenvalue weighted by Crippen LogP contribution is 2.27. The summed E-state index contributed by atoms with van der Waals surface area (Å²) < 4.78 is 1.43. The monoisotopic (exact) mass is 295 g/mol. The van der Waals surface area contributed by atoms with E-state index >= 15 is 0 Å². The van der Waals surface area contributed by atoms with E-state index in [1.807, 2.05) is 0 Å². The normalized spacial score (nSPS) is 22.3. The number of aliphatic hydroxyl groups excluding tert-OH is 1. The molecule has 1 aliphatic carbocycles. The number of nitro groups is 1. The Bertz CT molecular complexity index is 494. The summed E-state index contributed by atoms with van der Waals surface area (Å²) in [6.45, 7) is 4.98. The first kappa shape index (κ1) is 14.4. The molecule has 116 valence electrons. The van der Waals surface area contributed by atoms with Crippen LogP contribution in [0.5, 0.6) is 0 Å². The Kier molecular flexibility index (Phi) is 4.18. The fraction of sp³-hybridized carbons (Fsp3) is 0.769. The van der Waals surface area contributed by atoms with Gasteiger partial charge in [-0.05, 0) is 12.8 Å². The van der Waals surface area contributed by atoms with Crippen LogP contribution in [0.1, 0.15) is 12.8 Å². The van der Waals surface area contributed by atoms with Crippen LogP contribution in [0, 0.1) is 10.1 Å². The maximum Gasteiger partial charge on any atom is 0.306 e. The summed E-state index contributed by atoms with van der Waals surface area (Å²) in [4.78, 5) is 14.9. The lowest BCUT2D eigenvalue weighted by molar-refractivity contribution is -0.385. The van der Waals surface area contributed by atoms with E-state index in [0.717, 1.165) is 32.2 Å². The van der Waals surface area contributed by atoms with E-state index in [0.29, 0.717) is 6.54 Å². The quantitative estimate of drug-likeness (QED) is 0.584. The second-order valence-corrected chi connectivity index (χ2v) is 5.90. The van der Waals surface area contributed by atoms with Crippen molar-refractivity contribution in [2.45, 2.75) is 31.5 Å². The molecule has 2 fully saturated rings. The number of rotatable bonds is 6. The van der Waals surface area contributed by atoms with Crippen LogP contribution in [0.25, 0.3) is 0 Å². The van der Waals surface area contributed by atoms with Crippen molar-refractivity contribution in [1.82, 2.24) is 19.6 Å². The highest BCUT2D eigenvalue weighted by molar-refractivity contribution is 5.20. The van der Waals surface area contributed by atoms with E-state index in [2.05, 4.69) is 14.9 Å². The van der Waals surface area contributed by atoms with Crippen molar-refractivity contribution >= 4 is 5.69 Å². The molecular weight excluding hydrogens is 274 g/mol. The Morgan fingerprint density at radius 3 is 2.62 bits per heavy atom. The van der Waals surface area contributed by atoms with Crippen LogP contribution in [0.3, 0.4) is 0 Å². The van der Waals surface area contributed by atoms with Gasteiger partial charge in [0.05, 0.1) is 17.6 Å². The van der Waals surface area contributed by atoms with Gasteiger partial charge in [0.25, 0.3) is 0 Å². The average Bonchev–Trinajstić information content (AvgIpc) is 3.19. The van der Waals surface area contributed by atoms with Crippen molar-refractivity contribution in [3.05, 3.63) is 22.5 Å². The molecule has 1 aromatic heterocycles. The van der Waals surface area contributed by atoms with E-state index in [1.165, 1.54) is 29.9 Å². The maximum absolute atomic E-state index is 10.6. The fourth-order valence-electron chi connectivity index (χ4n) is 2.87. The van der Waals surface area contributed by atoms with Gasteiger partial charge < -0.3 is 5.11 Å². The lowest BCUT2D eigenvalue weighted by Crippen LogP contribution is -2.49. The van der Waals surface area contributed by atoms with Crippen molar-refractivity contribution in [1.29, 1.82) is 0 Å². The van der Waals surface area contributed by atoms with Crippen LogP contribution < -0.4 is 0 Å². The molecule has 0 amide bonds. The maximum atomic E-state index is 10.6. The second-order valence-electron chi connectivity index (χ2n) is 5.90. The number of piperazine rings is 1. The van der Waals surface area contributed by atoms with E-state index in [-0.39, 0.29) is 12.2 Å². The number of aliphatic hydroxyl groups is 1. The SMILES string of the molecule is O=[N+]([O-])c1cnn(CC(O)CN2CCN(C3CC3)CC2)c1. The minimum Gasteiger partial charge on any atom is -0.390 e. The number of nitrogens with zero attached hydrogens (tertiary/aromatic N) is 5. The molecule has 0 radical (unpaired) electrons. The zero-order valence-corrected chi connectivity index (χ0v) is 12.0. The van der Waals surface area contributed by atoms with Crippen LogP contribution in [0.15, 0.2) is 12.4 Å². The summed E-state index contributed by atoms with van der Waals surface area (Å²) in [5.74, 6) is 0. The topological polar surface area (TPSA) is 87.7 Å². The van der Waals surface area contributed by atoms with Crippen molar-refractivity contribution in [3.8, 4) is 0 Å². The first-order valence-corrected chi connectivity index (χ1v) is 7.43. The van der Waals surface area contributed by atoms with Gasteiger partial charge in [-0.3, -0.25) is 24.6 Å². The molecule has 1 saturated heterocycles. The molecule has 1 aliphatic heterocycles. The molecule has 2 aliphatic rings. The second kappa shape index (κ2) is 6.08. The van der Waals surface area contributed by atoms with Gasteiger partial charge in [-0.15, -0.1) is 0 Å². The summed E-state index contributed by atoms with van der Waals surface area (Å²) in [5, 5.41) is 24.6. The molecule has 1 saturated carbocycles. The highest BCUT2D eigenvalue weighted by Gasteiger charge is 2.31. The van der Waals surface area contributed by atoms with Crippen LogP contribution in [0.2, 0.25) is 0 Å². The number of hydrogen-bond acceptors (Lipinski definition) is 6. The van der Waals surface area contributed by atoms with Gasteiger partial charge in [0, 0.05) is 38.8 Å². The average molecular weight is 295 g/mol. The minimum absolute atomic E-state index is 0.0414. The Morgan fingerprint density at radius 1 is 1.33 bits per heavy atom. The van der Waals surface area contributed by atoms with Gasteiger partial charge in [0.15, 0.2) is 0 Å². The van der Waals surface area contributed by atoms with Gasteiger partial charge in [0.2, 0.25) is 0 Å². The lowest BCUT2D eigenvalue weighted by Gasteiger charge is -2.35. The van der Waals surface area contributed by atoms with Crippen LogP contribution in [0.4, 0.5) is 5.69 Å². The third kappa shape index (κ3) is 3.78. The Balaban J connectivity index is 1.43. The van der Waals surface area contributed by atoms with Crippen molar-refractivity contribution < 1.29 is 10.0 Å². The van der Waals surface area contributed by atoms with Gasteiger partial charge in [-0.2, -0.15) is 5.10 Å². The zero-order valence-electron chi connectivity index (χ0n) is 12.0. The van der Waals surface area contributed by atoms with Crippen LogP contribution >= 0.6 is 0 Å². The lowest BCUT2D eigenvalue weighted by atomic mass is 10.2. The molecule has 8 nitrogen and oxygen atoms in total. The third-order valence-corrected chi connectivity index (χ3v) is 4.17. The molecule has 1 N–H and O–H groups in total. The largest absolute Gasteiger partial charge is 0.390 e. The first-order valence-electron chi connectivity index (χ1n) is 7.43. The summed E-state index contributed by atoms with van der Waals surface area (Å²) in [6, 6.07) is 0.807. The first-order chi connectivity index (χ1) is 10.1. The van der Waals surface area contributed by atoms with Gasteiger partial charge in [-0.1, -0.05) is 0 Å². The van der Waals surface area contributed by atoms with Crippen molar-refractivity contribution in [3.63, 3.8) is 0 Å². The summed E-state index contributed by atoms with van der Waals surface area (Å²) in [6.07, 6.45) is 4.67. The van der Waals surface area contributed by atoms with E-state index in [1.54, 1.807) is 0 Å². The summed E-state index contributed by atoms with van der Waals surface area (Å²) in [7, 11) is 0. The van der Waals surface area contributed by atoms with Crippen molar-refractivity contribution in [2.75, 3.05) is 32.7 Å². The minimum atomic E-state index is -0.558. The molecule has 8 heteroatoms. The molecule has 1 unspecified atom stereocenters. The Labute approximate surface area is 123 Å². The molecule has 21 heavy (non-hydrogen) atoms. The van der Waals surface area contributed by atoms with Crippen molar-refractivity contribution in [2.24, 2.45) is 0 Å². The molecule has 0 aromatic carbocycles. The van der Waals surface area contributed by atoms with Gasteiger partial charge in [0.1, 0.15) is 12.4 Å². The number of hydrogen-bond donors (Lipinski definition) is 1. The fourth-order valence-corrected chi connectivity index (χ4v) is 2.87. The van der Waals surface area contributed by atoms with Gasteiger partial charge in [-0.25, -0.2) is 0 Å². The third-order valence-electron chi connectivity index (χ3n) is 4.17. The molecule has 2 heterocycles.